The average molecular weight is 226 g/mol. The van der Waals surface area contributed by atoms with Crippen LogP contribution in [0, 0.1) is 11.3 Å². The zero-order valence-electron chi connectivity index (χ0n) is 10.7. The summed E-state index contributed by atoms with van der Waals surface area (Å²) in [6, 6.07) is 0. The van der Waals surface area contributed by atoms with Gasteiger partial charge in [0.05, 0.1) is 6.10 Å². The first-order chi connectivity index (χ1) is 7.69. The molecule has 2 atom stereocenters. The van der Waals surface area contributed by atoms with Crippen molar-refractivity contribution in [2.24, 2.45) is 17.1 Å². The predicted molar refractivity (Wildman–Crippen MR) is 66.4 cm³/mol. The fourth-order valence-electron chi connectivity index (χ4n) is 2.99. The van der Waals surface area contributed by atoms with E-state index in [2.05, 4.69) is 11.8 Å². The highest BCUT2D eigenvalue weighted by atomic mass is 16.5. The van der Waals surface area contributed by atoms with Gasteiger partial charge in [-0.05, 0) is 50.1 Å². The third-order valence-corrected chi connectivity index (χ3v) is 4.47. The van der Waals surface area contributed by atoms with Crippen molar-refractivity contribution in [1.82, 2.24) is 4.90 Å². The van der Waals surface area contributed by atoms with Crippen LogP contribution in [-0.4, -0.2) is 44.3 Å². The summed E-state index contributed by atoms with van der Waals surface area (Å²) >= 11 is 0. The molecule has 16 heavy (non-hydrogen) atoms. The summed E-state index contributed by atoms with van der Waals surface area (Å²) in [5.74, 6) is 0.714. The fourth-order valence-corrected chi connectivity index (χ4v) is 2.99. The van der Waals surface area contributed by atoms with E-state index in [1.165, 1.54) is 38.8 Å². The number of hydrogen-bond acceptors (Lipinski definition) is 3. The largest absolute Gasteiger partial charge is 0.380 e. The van der Waals surface area contributed by atoms with Gasteiger partial charge in [-0.2, -0.15) is 0 Å². The van der Waals surface area contributed by atoms with Gasteiger partial charge >= 0.3 is 0 Å². The molecule has 0 amide bonds. The second-order valence-corrected chi connectivity index (χ2v) is 5.81. The molecule has 2 N–H and O–H groups in total. The van der Waals surface area contributed by atoms with E-state index in [9.17, 15) is 0 Å². The molecular weight excluding hydrogens is 200 g/mol. The van der Waals surface area contributed by atoms with E-state index in [1.807, 2.05) is 7.11 Å². The lowest BCUT2D eigenvalue weighted by Crippen LogP contribution is -2.46. The minimum atomic E-state index is 0.433. The van der Waals surface area contributed by atoms with E-state index in [-0.39, 0.29) is 0 Å². The van der Waals surface area contributed by atoms with Crippen molar-refractivity contribution in [2.75, 3.05) is 33.3 Å². The maximum atomic E-state index is 5.69. The Kier molecular flexibility index (Phi) is 3.88. The SMILES string of the molecule is COC1CN(CC2(CCN)CC2)CCC1C. The molecule has 0 aromatic carbocycles. The lowest BCUT2D eigenvalue weighted by atomic mass is 9.93. The van der Waals surface area contributed by atoms with E-state index in [0.717, 1.165) is 13.1 Å². The molecule has 94 valence electrons. The van der Waals surface area contributed by atoms with Gasteiger partial charge in [0.1, 0.15) is 0 Å². The lowest BCUT2D eigenvalue weighted by molar-refractivity contribution is -0.0110. The van der Waals surface area contributed by atoms with E-state index >= 15 is 0 Å². The zero-order chi connectivity index (χ0) is 11.6. The molecule has 2 unspecified atom stereocenters. The van der Waals surface area contributed by atoms with Crippen LogP contribution < -0.4 is 5.73 Å². The highest BCUT2D eigenvalue weighted by Gasteiger charge is 2.43. The number of rotatable bonds is 5. The molecule has 1 saturated carbocycles. The molecule has 2 rings (SSSR count). The molecule has 3 heteroatoms. The molecule has 1 aliphatic heterocycles. The van der Waals surface area contributed by atoms with Gasteiger partial charge < -0.3 is 15.4 Å². The molecule has 0 aromatic rings. The summed E-state index contributed by atoms with van der Waals surface area (Å²) in [5, 5.41) is 0. The van der Waals surface area contributed by atoms with Crippen LogP contribution in [0.15, 0.2) is 0 Å². The van der Waals surface area contributed by atoms with Crippen LogP contribution >= 0.6 is 0 Å². The Morgan fingerprint density at radius 1 is 1.44 bits per heavy atom. The number of nitrogens with zero attached hydrogens (tertiary/aromatic N) is 1. The Bertz CT molecular complexity index is 228. The molecule has 2 aliphatic rings. The van der Waals surface area contributed by atoms with Crippen LogP contribution in [0.25, 0.3) is 0 Å². The smallest absolute Gasteiger partial charge is 0.0724 e. The Balaban J connectivity index is 1.82. The highest BCUT2D eigenvalue weighted by molar-refractivity contribution is 4.96. The summed E-state index contributed by atoms with van der Waals surface area (Å²) in [5.41, 5.74) is 6.27. The van der Waals surface area contributed by atoms with Gasteiger partial charge in [-0.25, -0.2) is 0 Å². The van der Waals surface area contributed by atoms with Crippen LogP contribution in [0.3, 0.4) is 0 Å². The molecule has 1 heterocycles. The molecule has 0 spiro atoms. The maximum Gasteiger partial charge on any atom is 0.0724 e. The first-order valence-electron chi connectivity index (χ1n) is 6.64. The molecule has 1 saturated heterocycles. The van der Waals surface area contributed by atoms with Crippen molar-refractivity contribution in [3.63, 3.8) is 0 Å². The van der Waals surface area contributed by atoms with Crippen molar-refractivity contribution < 1.29 is 4.74 Å². The first kappa shape index (κ1) is 12.3. The number of methoxy groups -OCH3 is 1. The van der Waals surface area contributed by atoms with E-state index in [1.54, 1.807) is 0 Å². The number of piperidine rings is 1. The Hall–Kier alpha value is -0.120. The topological polar surface area (TPSA) is 38.5 Å². The monoisotopic (exact) mass is 226 g/mol. The first-order valence-corrected chi connectivity index (χ1v) is 6.64. The number of likely N-dealkylation sites (tertiary alicyclic amines) is 1. The van der Waals surface area contributed by atoms with E-state index in [0.29, 0.717) is 17.4 Å². The summed E-state index contributed by atoms with van der Waals surface area (Å²) in [6.07, 6.45) is 5.68. The molecule has 1 aliphatic carbocycles. The lowest BCUT2D eigenvalue weighted by Gasteiger charge is -2.38. The third-order valence-electron chi connectivity index (χ3n) is 4.47. The molecule has 2 fully saturated rings. The van der Waals surface area contributed by atoms with Gasteiger partial charge in [-0.1, -0.05) is 6.92 Å². The van der Waals surface area contributed by atoms with Gasteiger partial charge in [0, 0.05) is 20.2 Å². The summed E-state index contributed by atoms with van der Waals surface area (Å²) in [7, 11) is 1.84. The number of ether oxygens (including phenoxy) is 1. The molecule has 3 nitrogen and oxygen atoms in total. The van der Waals surface area contributed by atoms with Crippen molar-refractivity contribution in [3.8, 4) is 0 Å². The fraction of sp³-hybridized carbons (Fsp3) is 1.00. The molecule has 0 radical (unpaired) electrons. The Morgan fingerprint density at radius 2 is 2.19 bits per heavy atom. The van der Waals surface area contributed by atoms with Crippen molar-refractivity contribution >= 4 is 0 Å². The standard InChI is InChI=1S/C13H26N2O/c1-11-3-8-15(9-12(11)16-2)10-13(4-5-13)6-7-14/h11-12H,3-10,14H2,1-2H3. The molecule has 0 aromatic heterocycles. The quantitative estimate of drug-likeness (QED) is 0.771. The predicted octanol–water partition coefficient (Wildman–Crippen LogP) is 1.47. The second-order valence-electron chi connectivity index (χ2n) is 5.81. The Labute approximate surface area is 99.3 Å². The van der Waals surface area contributed by atoms with E-state index < -0.39 is 0 Å². The summed E-state index contributed by atoms with van der Waals surface area (Å²) in [6.45, 7) is 6.75. The normalized spacial score (nSPS) is 33.9. The van der Waals surface area contributed by atoms with Crippen LogP contribution in [0.5, 0.6) is 0 Å². The highest BCUT2D eigenvalue weighted by Crippen LogP contribution is 2.49. The van der Waals surface area contributed by atoms with Gasteiger partial charge in [-0.3, -0.25) is 0 Å². The van der Waals surface area contributed by atoms with Gasteiger partial charge in [0.25, 0.3) is 0 Å². The minimum Gasteiger partial charge on any atom is -0.380 e. The van der Waals surface area contributed by atoms with Crippen molar-refractivity contribution in [1.29, 1.82) is 0 Å². The van der Waals surface area contributed by atoms with Gasteiger partial charge in [0.2, 0.25) is 0 Å². The van der Waals surface area contributed by atoms with Crippen LogP contribution in [0.2, 0.25) is 0 Å². The average Bonchev–Trinajstić information content (AvgIpc) is 3.01. The zero-order valence-corrected chi connectivity index (χ0v) is 10.7. The molecule has 0 bridgehead atoms. The third kappa shape index (κ3) is 2.76. The van der Waals surface area contributed by atoms with Crippen molar-refractivity contribution in [2.45, 2.75) is 38.7 Å². The minimum absolute atomic E-state index is 0.433. The Morgan fingerprint density at radius 3 is 2.75 bits per heavy atom. The number of hydrogen-bond donors (Lipinski definition) is 1. The van der Waals surface area contributed by atoms with E-state index in [4.69, 9.17) is 10.5 Å². The van der Waals surface area contributed by atoms with Crippen LogP contribution in [-0.2, 0) is 4.74 Å². The maximum absolute atomic E-state index is 5.69. The van der Waals surface area contributed by atoms with Crippen molar-refractivity contribution in [3.05, 3.63) is 0 Å². The summed E-state index contributed by atoms with van der Waals surface area (Å²) in [4.78, 5) is 2.59. The number of nitrogens with two attached hydrogens (primary N) is 1. The summed E-state index contributed by atoms with van der Waals surface area (Å²) < 4.78 is 5.56. The van der Waals surface area contributed by atoms with Gasteiger partial charge in [-0.15, -0.1) is 0 Å². The van der Waals surface area contributed by atoms with Crippen LogP contribution in [0.4, 0.5) is 0 Å². The molecular formula is C13H26N2O. The second kappa shape index (κ2) is 5.03. The van der Waals surface area contributed by atoms with Gasteiger partial charge in [0.15, 0.2) is 0 Å². The van der Waals surface area contributed by atoms with Crippen LogP contribution in [0.1, 0.15) is 32.6 Å².